The summed E-state index contributed by atoms with van der Waals surface area (Å²) >= 11 is 0. The predicted molar refractivity (Wildman–Crippen MR) is 130 cm³/mol. The molecule has 0 saturated heterocycles. The first kappa shape index (κ1) is 23.7. The number of urea groups is 1. The van der Waals surface area contributed by atoms with Crippen LogP contribution in [-0.4, -0.2) is 35.0 Å². The van der Waals surface area contributed by atoms with Gasteiger partial charge in [-0.1, -0.05) is 12.1 Å². The van der Waals surface area contributed by atoms with Crippen LogP contribution in [-0.2, 0) is 7.05 Å². The Balaban J connectivity index is 1.74. The molecule has 2 aromatic carbocycles. The summed E-state index contributed by atoms with van der Waals surface area (Å²) in [6.45, 7) is 0. The molecule has 0 saturated carbocycles. The zero-order chi connectivity index (χ0) is 26.3. The molecule has 0 radical (unpaired) electrons. The molecule has 0 bridgehead atoms. The SMILES string of the molecule is COc1cc(OC)c(F)c(N2C(=O)Nc3cc(-c4ccn(C)n4)ncc3C2c2ccc(C#N)cc2)c1F. The number of carbonyl (C=O) groups is 1. The summed E-state index contributed by atoms with van der Waals surface area (Å²) in [6.07, 6.45) is 3.29. The van der Waals surface area contributed by atoms with Gasteiger partial charge in [0.15, 0.2) is 23.1 Å². The molecule has 1 N–H and O–H groups in total. The summed E-state index contributed by atoms with van der Waals surface area (Å²) in [6, 6.07) is 11.1. The number of nitriles is 1. The molecule has 37 heavy (non-hydrogen) atoms. The van der Waals surface area contributed by atoms with Gasteiger partial charge < -0.3 is 14.8 Å². The number of amides is 2. The normalized spacial score (nSPS) is 14.5. The van der Waals surface area contributed by atoms with Crippen LogP contribution in [0.2, 0.25) is 0 Å². The number of carbonyl (C=O) groups excluding carboxylic acids is 1. The van der Waals surface area contributed by atoms with E-state index in [-0.39, 0.29) is 11.5 Å². The molecular formula is C26H20F2N6O3. The largest absolute Gasteiger partial charge is 0.493 e. The smallest absolute Gasteiger partial charge is 0.327 e. The zero-order valence-electron chi connectivity index (χ0n) is 20.0. The second-order valence-corrected chi connectivity index (χ2v) is 8.23. The number of nitrogens with zero attached hydrogens (tertiary/aromatic N) is 5. The van der Waals surface area contributed by atoms with Crippen LogP contribution in [0.1, 0.15) is 22.7 Å². The number of nitrogens with one attached hydrogen (secondary N) is 1. The molecule has 9 nitrogen and oxygen atoms in total. The molecule has 0 spiro atoms. The van der Waals surface area contributed by atoms with Gasteiger partial charge in [0.1, 0.15) is 11.4 Å². The molecule has 1 atom stereocenters. The molecule has 1 unspecified atom stereocenters. The van der Waals surface area contributed by atoms with Gasteiger partial charge in [0.05, 0.1) is 43.3 Å². The predicted octanol–water partition coefficient (Wildman–Crippen LogP) is 4.79. The highest BCUT2D eigenvalue weighted by Gasteiger charge is 2.40. The van der Waals surface area contributed by atoms with Crippen LogP contribution >= 0.6 is 0 Å². The highest BCUT2D eigenvalue weighted by Crippen LogP contribution is 2.46. The summed E-state index contributed by atoms with van der Waals surface area (Å²) in [4.78, 5) is 19.0. The van der Waals surface area contributed by atoms with Gasteiger partial charge in [-0.15, -0.1) is 0 Å². The van der Waals surface area contributed by atoms with Crippen LogP contribution < -0.4 is 19.7 Å². The number of pyridine rings is 1. The average molecular weight is 502 g/mol. The Morgan fingerprint density at radius 3 is 2.27 bits per heavy atom. The van der Waals surface area contributed by atoms with E-state index in [9.17, 15) is 10.1 Å². The van der Waals surface area contributed by atoms with Crippen molar-refractivity contribution in [2.24, 2.45) is 7.05 Å². The lowest BCUT2D eigenvalue weighted by Gasteiger charge is -2.38. The van der Waals surface area contributed by atoms with Crippen LogP contribution in [0.25, 0.3) is 11.4 Å². The molecule has 2 aromatic heterocycles. The van der Waals surface area contributed by atoms with Crippen molar-refractivity contribution in [3.05, 3.63) is 83.2 Å². The third-order valence-corrected chi connectivity index (χ3v) is 6.07. The Hall–Kier alpha value is -4.98. The highest BCUT2D eigenvalue weighted by atomic mass is 19.1. The fraction of sp³-hybridized carbons (Fsp3) is 0.154. The number of aromatic nitrogens is 3. The fourth-order valence-electron chi connectivity index (χ4n) is 4.30. The number of fused-ring (bicyclic) bond motifs is 1. The number of hydrogen-bond acceptors (Lipinski definition) is 6. The number of aryl methyl sites for hydroxylation is 1. The third-order valence-electron chi connectivity index (χ3n) is 6.07. The molecule has 5 rings (SSSR count). The van der Waals surface area contributed by atoms with Crippen molar-refractivity contribution in [2.45, 2.75) is 6.04 Å². The van der Waals surface area contributed by atoms with Crippen molar-refractivity contribution >= 4 is 17.4 Å². The standard InChI is InChI=1S/C26H20F2N6O3/c1-33-9-8-17(32-33)19-10-18-16(13-30-19)24(15-6-4-14(12-29)5-7-15)34(26(35)31-18)25-22(27)20(36-2)11-21(37-3)23(25)28/h4-11,13,24H,1-3H3,(H,31,35). The Kier molecular flexibility index (Phi) is 5.93. The minimum atomic E-state index is -1.07. The van der Waals surface area contributed by atoms with E-state index in [0.717, 1.165) is 11.0 Å². The lowest BCUT2D eigenvalue weighted by molar-refractivity contribution is 0.254. The molecule has 0 aliphatic carbocycles. The van der Waals surface area contributed by atoms with E-state index >= 15 is 8.78 Å². The molecule has 1 aliphatic heterocycles. The summed E-state index contributed by atoms with van der Waals surface area (Å²) in [7, 11) is 4.23. The number of methoxy groups -OCH3 is 2. The summed E-state index contributed by atoms with van der Waals surface area (Å²) in [5, 5.41) is 16.3. The lowest BCUT2D eigenvalue weighted by Crippen LogP contribution is -2.44. The topological polar surface area (TPSA) is 105 Å². The lowest BCUT2D eigenvalue weighted by atomic mass is 9.93. The second-order valence-electron chi connectivity index (χ2n) is 8.23. The van der Waals surface area contributed by atoms with Crippen molar-refractivity contribution in [1.29, 1.82) is 5.26 Å². The minimum absolute atomic E-state index is 0.297. The van der Waals surface area contributed by atoms with Gasteiger partial charge in [0, 0.05) is 31.1 Å². The second kappa shape index (κ2) is 9.23. The molecule has 11 heteroatoms. The molecule has 3 heterocycles. The van der Waals surface area contributed by atoms with Crippen molar-refractivity contribution in [1.82, 2.24) is 14.8 Å². The first-order valence-corrected chi connectivity index (χ1v) is 11.1. The van der Waals surface area contributed by atoms with Crippen molar-refractivity contribution in [3.8, 4) is 29.0 Å². The first-order valence-electron chi connectivity index (χ1n) is 11.1. The van der Waals surface area contributed by atoms with Crippen LogP contribution in [0, 0.1) is 23.0 Å². The van der Waals surface area contributed by atoms with E-state index in [1.54, 1.807) is 54.3 Å². The number of anilines is 2. The van der Waals surface area contributed by atoms with E-state index in [1.807, 2.05) is 6.07 Å². The molecule has 2 amide bonds. The number of benzene rings is 2. The van der Waals surface area contributed by atoms with Gasteiger partial charge in [-0.2, -0.15) is 10.4 Å². The fourth-order valence-corrected chi connectivity index (χ4v) is 4.30. The average Bonchev–Trinajstić information content (AvgIpc) is 3.35. The van der Waals surface area contributed by atoms with Crippen molar-refractivity contribution in [2.75, 3.05) is 24.4 Å². The number of ether oxygens (including phenoxy) is 2. The highest BCUT2D eigenvalue weighted by molar-refractivity contribution is 6.06. The zero-order valence-corrected chi connectivity index (χ0v) is 20.0. The van der Waals surface area contributed by atoms with E-state index in [1.165, 1.54) is 20.4 Å². The van der Waals surface area contributed by atoms with Crippen LogP contribution in [0.5, 0.6) is 11.5 Å². The van der Waals surface area contributed by atoms with E-state index < -0.39 is 29.4 Å². The monoisotopic (exact) mass is 502 g/mol. The molecule has 186 valence electrons. The van der Waals surface area contributed by atoms with Crippen molar-refractivity contribution < 1.29 is 23.0 Å². The van der Waals surface area contributed by atoms with Gasteiger partial charge >= 0.3 is 6.03 Å². The first-order chi connectivity index (χ1) is 17.9. The van der Waals surface area contributed by atoms with Gasteiger partial charge in [0.2, 0.25) is 0 Å². The molecule has 4 aromatic rings. The van der Waals surface area contributed by atoms with Crippen molar-refractivity contribution in [3.63, 3.8) is 0 Å². The third kappa shape index (κ3) is 3.98. The summed E-state index contributed by atoms with van der Waals surface area (Å²) in [5.74, 6) is -2.74. The van der Waals surface area contributed by atoms with E-state index in [4.69, 9.17) is 9.47 Å². The van der Waals surface area contributed by atoms with Gasteiger partial charge in [0.25, 0.3) is 0 Å². The van der Waals surface area contributed by atoms with E-state index in [2.05, 4.69) is 15.4 Å². The molecule has 0 fully saturated rings. The summed E-state index contributed by atoms with van der Waals surface area (Å²) in [5.41, 5.74) is 2.22. The number of halogens is 2. The summed E-state index contributed by atoms with van der Waals surface area (Å²) < 4.78 is 42.9. The number of hydrogen-bond donors (Lipinski definition) is 1. The Bertz CT molecular complexity index is 1530. The molecular weight excluding hydrogens is 482 g/mol. The van der Waals surface area contributed by atoms with Crippen LogP contribution in [0.4, 0.5) is 25.0 Å². The van der Waals surface area contributed by atoms with Crippen LogP contribution in [0.15, 0.2) is 54.9 Å². The van der Waals surface area contributed by atoms with Gasteiger partial charge in [-0.25, -0.2) is 13.6 Å². The maximum Gasteiger partial charge on any atom is 0.327 e. The maximum absolute atomic E-state index is 15.6. The Morgan fingerprint density at radius 2 is 1.70 bits per heavy atom. The quantitative estimate of drug-likeness (QED) is 0.421. The number of rotatable bonds is 5. The minimum Gasteiger partial charge on any atom is -0.493 e. The maximum atomic E-state index is 15.6. The van der Waals surface area contributed by atoms with Gasteiger partial charge in [-0.05, 0) is 29.8 Å². The van der Waals surface area contributed by atoms with Crippen LogP contribution in [0.3, 0.4) is 0 Å². The molecule has 1 aliphatic rings. The van der Waals surface area contributed by atoms with E-state index in [0.29, 0.717) is 33.8 Å². The Labute approximate surface area is 210 Å². The Morgan fingerprint density at radius 1 is 1.03 bits per heavy atom. The van der Waals surface area contributed by atoms with Gasteiger partial charge in [-0.3, -0.25) is 14.6 Å².